The van der Waals surface area contributed by atoms with Crippen molar-refractivity contribution in [3.63, 3.8) is 0 Å². The maximum absolute atomic E-state index is 11.5. The second-order valence-corrected chi connectivity index (χ2v) is 5.65. The van der Waals surface area contributed by atoms with Crippen molar-refractivity contribution >= 4 is 23.9 Å². The Balaban J connectivity index is 1.44. The molecule has 2 aliphatic rings. The van der Waals surface area contributed by atoms with Crippen LogP contribution in [-0.4, -0.2) is 23.9 Å². The fourth-order valence-corrected chi connectivity index (χ4v) is 2.78. The molecule has 0 bridgehead atoms. The van der Waals surface area contributed by atoms with Crippen molar-refractivity contribution in [1.29, 1.82) is 0 Å². The first-order chi connectivity index (χ1) is 12.0. The van der Waals surface area contributed by atoms with Gasteiger partial charge in [0.1, 0.15) is 0 Å². The molecule has 2 aliphatic heterocycles. The van der Waals surface area contributed by atoms with E-state index in [1.54, 1.807) is 36.4 Å². The van der Waals surface area contributed by atoms with Crippen LogP contribution in [0.2, 0.25) is 0 Å². The molecule has 2 aromatic carbocycles. The van der Waals surface area contributed by atoms with Gasteiger partial charge in [-0.05, 0) is 24.3 Å². The van der Waals surface area contributed by atoms with E-state index in [-0.39, 0.29) is 22.3 Å². The smallest absolute Gasteiger partial charge is 0.346 e. The zero-order valence-electron chi connectivity index (χ0n) is 12.8. The van der Waals surface area contributed by atoms with Gasteiger partial charge in [-0.3, -0.25) is 0 Å². The molecule has 0 N–H and O–H groups in total. The summed E-state index contributed by atoms with van der Waals surface area (Å²) in [6.07, 6.45) is 0. The fraction of sp³-hybridized carbons (Fsp3) is 0.111. The summed E-state index contributed by atoms with van der Waals surface area (Å²) in [4.78, 5) is 45.9. The second-order valence-electron chi connectivity index (χ2n) is 5.65. The quantitative estimate of drug-likeness (QED) is 0.627. The molecule has 0 unspecified atom stereocenters. The molecule has 0 amide bonds. The average Bonchev–Trinajstić information content (AvgIpc) is 3.04. The van der Waals surface area contributed by atoms with E-state index in [2.05, 4.69) is 14.8 Å². The second kappa shape index (κ2) is 5.64. The molecule has 2 aromatic rings. The summed E-state index contributed by atoms with van der Waals surface area (Å²) in [5.74, 6) is -2.57. The highest BCUT2D eigenvalue weighted by Gasteiger charge is 2.30. The van der Waals surface area contributed by atoms with Crippen LogP contribution < -0.4 is 0 Å². The molecule has 4 rings (SSSR count). The van der Waals surface area contributed by atoms with Crippen molar-refractivity contribution in [2.45, 2.75) is 13.1 Å². The summed E-state index contributed by atoms with van der Waals surface area (Å²) in [6.45, 7) is 0.657. The number of carbonyl (C=O) groups is 4. The number of esters is 4. The van der Waals surface area contributed by atoms with Crippen LogP contribution in [0.3, 0.4) is 0 Å². The fourth-order valence-electron chi connectivity index (χ4n) is 2.78. The Kier molecular flexibility index (Phi) is 3.43. The van der Waals surface area contributed by atoms with Crippen LogP contribution in [0.25, 0.3) is 5.32 Å². The molecular formula is C18H10NO6-. The summed E-state index contributed by atoms with van der Waals surface area (Å²) in [7, 11) is 0. The van der Waals surface area contributed by atoms with Gasteiger partial charge >= 0.3 is 23.9 Å². The third kappa shape index (κ3) is 2.60. The van der Waals surface area contributed by atoms with Gasteiger partial charge in [-0.2, -0.15) is 0 Å². The third-order valence-electron chi connectivity index (χ3n) is 4.01. The number of rotatable bonds is 4. The molecule has 7 nitrogen and oxygen atoms in total. The number of benzene rings is 2. The molecular weight excluding hydrogens is 326 g/mol. The topological polar surface area (TPSA) is 101 Å². The van der Waals surface area contributed by atoms with Gasteiger partial charge < -0.3 is 14.8 Å². The van der Waals surface area contributed by atoms with E-state index in [1.165, 1.54) is 0 Å². The Labute approximate surface area is 141 Å². The number of hydrogen-bond donors (Lipinski definition) is 0. The van der Waals surface area contributed by atoms with Gasteiger partial charge in [-0.15, -0.1) is 13.1 Å². The van der Waals surface area contributed by atoms with Crippen molar-refractivity contribution in [3.05, 3.63) is 75.1 Å². The summed E-state index contributed by atoms with van der Waals surface area (Å²) < 4.78 is 9.08. The van der Waals surface area contributed by atoms with Gasteiger partial charge in [0, 0.05) is 0 Å². The zero-order valence-corrected chi connectivity index (χ0v) is 12.8. The largest absolute Gasteiger partial charge is 0.655 e. The first kappa shape index (κ1) is 15.2. The van der Waals surface area contributed by atoms with Crippen LogP contribution in [0, 0.1) is 0 Å². The third-order valence-corrected chi connectivity index (χ3v) is 4.01. The lowest BCUT2D eigenvalue weighted by atomic mass is 10.0. The van der Waals surface area contributed by atoms with Gasteiger partial charge in [0.2, 0.25) is 0 Å². The maximum Gasteiger partial charge on any atom is 0.346 e. The molecule has 0 radical (unpaired) electrons. The molecule has 0 atom stereocenters. The molecule has 2 heterocycles. The highest BCUT2D eigenvalue weighted by Crippen LogP contribution is 2.24. The number of hydrogen-bond acceptors (Lipinski definition) is 6. The molecule has 7 heteroatoms. The summed E-state index contributed by atoms with van der Waals surface area (Å²) >= 11 is 0. The predicted molar refractivity (Wildman–Crippen MR) is 83.1 cm³/mol. The van der Waals surface area contributed by atoms with Gasteiger partial charge in [-0.25, -0.2) is 19.2 Å². The molecule has 0 saturated heterocycles. The molecule has 25 heavy (non-hydrogen) atoms. The van der Waals surface area contributed by atoms with Crippen LogP contribution in [0.4, 0.5) is 0 Å². The van der Waals surface area contributed by atoms with Crippen LogP contribution in [0.1, 0.15) is 52.6 Å². The van der Waals surface area contributed by atoms with Crippen LogP contribution in [0.5, 0.6) is 0 Å². The number of fused-ring (bicyclic) bond motifs is 2. The number of carbonyl (C=O) groups excluding carboxylic acids is 4. The number of nitrogens with zero attached hydrogens (tertiary/aromatic N) is 1. The van der Waals surface area contributed by atoms with E-state index in [4.69, 9.17) is 0 Å². The first-order valence-corrected chi connectivity index (χ1v) is 7.45. The van der Waals surface area contributed by atoms with E-state index >= 15 is 0 Å². The van der Waals surface area contributed by atoms with Crippen molar-refractivity contribution in [2.24, 2.45) is 0 Å². The Hall–Kier alpha value is -3.32. The maximum atomic E-state index is 11.5. The summed E-state index contributed by atoms with van der Waals surface area (Å²) in [5.41, 5.74) is 2.54. The molecule has 0 saturated carbocycles. The lowest BCUT2D eigenvalue weighted by Crippen LogP contribution is -1.97. The van der Waals surface area contributed by atoms with Crippen molar-refractivity contribution in [2.75, 3.05) is 0 Å². The lowest BCUT2D eigenvalue weighted by molar-refractivity contribution is 0.0425. The summed E-state index contributed by atoms with van der Waals surface area (Å²) in [6, 6.07) is 9.69. The highest BCUT2D eigenvalue weighted by molar-refractivity contribution is 6.15. The standard InChI is InChI=1S/C18H10NO6/c20-15-11-3-1-9(5-13(11)17(22)24-15)7-19-8-10-2-4-12-14(6-10)18(23)25-16(12)21/h1-6H,7-8H2/q-1. The molecule has 0 fully saturated rings. The first-order valence-electron chi connectivity index (χ1n) is 7.45. The minimum Gasteiger partial charge on any atom is -0.655 e. The molecule has 124 valence electrons. The van der Waals surface area contributed by atoms with E-state index in [1.807, 2.05) is 0 Å². The zero-order chi connectivity index (χ0) is 17.6. The minimum atomic E-state index is -0.649. The monoisotopic (exact) mass is 336 g/mol. The number of cyclic esters (lactones) is 4. The highest BCUT2D eigenvalue weighted by atomic mass is 16.6. The Morgan fingerprint density at radius 1 is 0.600 bits per heavy atom. The van der Waals surface area contributed by atoms with Gasteiger partial charge in [0.25, 0.3) is 0 Å². The average molecular weight is 336 g/mol. The van der Waals surface area contributed by atoms with Crippen LogP contribution in [0.15, 0.2) is 36.4 Å². The van der Waals surface area contributed by atoms with E-state index < -0.39 is 23.9 Å². The molecule has 0 aromatic heterocycles. The summed E-state index contributed by atoms with van der Waals surface area (Å²) in [5, 5.41) is 4.38. The van der Waals surface area contributed by atoms with Gasteiger partial charge in [0.05, 0.1) is 22.3 Å². The van der Waals surface area contributed by atoms with Gasteiger partial charge in [0.15, 0.2) is 0 Å². The van der Waals surface area contributed by atoms with Crippen LogP contribution >= 0.6 is 0 Å². The predicted octanol–water partition coefficient (Wildman–Crippen LogP) is 2.38. The van der Waals surface area contributed by atoms with E-state index in [9.17, 15) is 19.2 Å². The van der Waals surface area contributed by atoms with Crippen molar-refractivity contribution in [1.82, 2.24) is 0 Å². The molecule has 0 spiro atoms. The minimum absolute atomic E-state index is 0.247. The van der Waals surface area contributed by atoms with Crippen molar-refractivity contribution < 1.29 is 28.7 Å². The SMILES string of the molecule is O=C1OC(=O)c2cc(C[N-]Cc3ccc4c(c3)C(=O)OC4=O)ccc21. The van der Waals surface area contributed by atoms with E-state index in [0.29, 0.717) is 13.1 Å². The lowest BCUT2D eigenvalue weighted by Gasteiger charge is -2.19. The van der Waals surface area contributed by atoms with E-state index in [0.717, 1.165) is 11.1 Å². The Morgan fingerprint density at radius 3 is 1.44 bits per heavy atom. The normalized spacial score (nSPS) is 15.0. The van der Waals surface area contributed by atoms with Gasteiger partial charge in [-0.1, -0.05) is 23.3 Å². The Morgan fingerprint density at radius 2 is 1.00 bits per heavy atom. The molecule has 0 aliphatic carbocycles. The Bertz CT molecular complexity index is 885. The van der Waals surface area contributed by atoms with Crippen LogP contribution in [-0.2, 0) is 22.6 Å². The number of ether oxygens (including phenoxy) is 2. The van der Waals surface area contributed by atoms with Crippen molar-refractivity contribution in [3.8, 4) is 0 Å².